The summed E-state index contributed by atoms with van der Waals surface area (Å²) >= 11 is 0. The van der Waals surface area contributed by atoms with E-state index in [4.69, 9.17) is 5.41 Å². The summed E-state index contributed by atoms with van der Waals surface area (Å²) in [7, 11) is 0. The van der Waals surface area contributed by atoms with Gasteiger partial charge in [0.25, 0.3) is 0 Å². The predicted octanol–water partition coefficient (Wildman–Crippen LogP) is 0.0262. The first-order valence-corrected chi connectivity index (χ1v) is 2.68. The van der Waals surface area contributed by atoms with Crippen LogP contribution in [0.15, 0.2) is 4.99 Å². The van der Waals surface area contributed by atoms with Gasteiger partial charge in [0.2, 0.25) is 0 Å². The SMILES string of the molecule is N=CC1CCN=CN1. The van der Waals surface area contributed by atoms with Gasteiger partial charge < -0.3 is 10.7 Å². The summed E-state index contributed by atoms with van der Waals surface area (Å²) in [4.78, 5) is 3.94. The van der Waals surface area contributed by atoms with E-state index in [0.717, 1.165) is 13.0 Å². The van der Waals surface area contributed by atoms with Crippen molar-refractivity contribution in [3.05, 3.63) is 0 Å². The van der Waals surface area contributed by atoms with Crippen molar-refractivity contribution in [2.75, 3.05) is 6.54 Å². The lowest BCUT2D eigenvalue weighted by Crippen LogP contribution is -2.32. The zero-order valence-electron chi connectivity index (χ0n) is 4.59. The maximum Gasteiger partial charge on any atom is 0.0828 e. The molecule has 0 aromatic rings. The first kappa shape index (κ1) is 5.28. The summed E-state index contributed by atoms with van der Waals surface area (Å²) in [5, 5.41) is 9.78. The van der Waals surface area contributed by atoms with Crippen LogP contribution in [0.4, 0.5) is 0 Å². The van der Waals surface area contributed by atoms with Crippen molar-refractivity contribution in [3.63, 3.8) is 0 Å². The highest BCUT2D eigenvalue weighted by Crippen LogP contribution is 1.91. The second-order valence-corrected chi connectivity index (χ2v) is 1.76. The van der Waals surface area contributed by atoms with Gasteiger partial charge in [-0.3, -0.25) is 4.99 Å². The standard InChI is InChI=1S/C5H9N3/c6-3-5-1-2-7-4-8-5/h3-6H,1-2H2,(H,7,8). The third-order valence-corrected chi connectivity index (χ3v) is 1.15. The molecule has 44 valence electrons. The molecular weight excluding hydrogens is 102 g/mol. The number of hydrogen-bond acceptors (Lipinski definition) is 3. The summed E-state index contributed by atoms with van der Waals surface area (Å²) in [5.41, 5.74) is 0. The Balaban J connectivity index is 2.37. The molecule has 0 spiro atoms. The third kappa shape index (κ3) is 1.05. The van der Waals surface area contributed by atoms with Crippen LogP contribution in [-0.4, -0.2) is 25.1 Å². The van der Waals surface area contributed by atoms with Crippen LogP contribution in [0, 0.1) is 5.41 Å². The molecule has 0 saturated carbocycles. The van der Waals surface area contributed by atoms with Gasteiger partial charge in [-0.05, 0) is 6.42 Å². The Bertz CT molecular complexity index is 108. The Kier molecular flexibility index (Phi) is 1.62. The zero-order chi connectivity index (χ0) is 5.82. The first-order chi connectivity index (χ1) is 3.93. The van der Waals surface area contributed by atoms with E-state index >= 15 is 0 Å². The van der Waals surface area contributed by atoms with Crippen LogP contribution >= 0.6 is 0 Å². The van der Waals surface area contributed by atoms with Gasteiger partial charge in [-0.1, -0.05) is 0 Å². The van der Waals surface area contributed by atoms with Gasteiger partial charge in [0, 0.05) is 12.8 Å². The fourth-order valence-corrected chi connectivity index (χ4v) is 0.641. The maximum atomic E-state index is 6.85. The summed E-state index contributed by atoms with van der Waals surface area (Å²) in [5.74, 6) is 0. The Morgan fingerprint density at radius 3 is 3.12 bits per heavy atom. The van der Waals surface area contributed by atoms with Crippen molar-refractivity contribution in [3.8, 4) is 0 Å². The topological polar surface area (TPSA) is 48.2 Å². The monoisotopic (exact) mass is 111 g/mol. The highest BCUT2D eigenvalue weighted by molar-refractivity contribution is 5.68. The third-order valence-electron chi connectivity index (χ3n) is 1.15. The van der Waals surface area contributed by atoms with E-state index in [9.17, 15) is 0 Å². The molecular formula is C5H9N3. The molecule has 0 aromatic heterocycles. The van der Waals surface area contributed by atoms with E-state index in [1.165, 1.54) is 6.21 Å². The van der Waals surface area contributed by atoms with E-state index in [2.05, 4.69) is 10.3 Å². The highest BCUT2D eigenvalue weighted by Gasteiger charge is 2.03. The molecule has 3 nitrogen and oxygen atoms in total. The van der Waals surface area contributed by atoms with Crippen LogP contribution in [0.1, 0.15) is 6.42 Å². The average molecular weight is 111 g/mol. The molecule has 1 aliphatic heterocycles. The smallest absolute Gasteiger partial charge is 0.0828 e. The highest BCUT2D eigenvalue weighted by atomic mass is 15.0. The second kappa shape index (κ2) is 2.45. The molecule has 0 radical (unpaired) electrons. The summed E-state index contributed by atoms with van der Waals surface area (Å²) in [6.07, 6.45) is 4.03. The van der Waals surface area contributed by atoms with Crippen LogP contribution in [0.2, 0.25) is 0 Å². The quantitative estimate of drug-likeness (QED) is 0.461. The second-order valence-electron chi connectivity index (χ2n) is 1.76. The molecule has 0 bridgehead atoms. The van der Waals surface area contributed by atoms with Crippen molar-refractivity contribution in [2.45, 2.75) is 12.5 Å². The fraction of sp³-hybridized carbons (Fsp3) is 0.600. The van der Waals surface area contributed by atoms with Gasteiger partial charge in [-0.25, -0.2) is 0 Å². The van der Waals surface area contributed by atoms with Crippen LogP contribution in [-0.2, 0) is 0 Å². The molecule has 0 amide bonds. The van der Waals surface area contributed by atoms with Crippen LogP contribution in [0.25, 0.3) is 0 Å². The van der Waals surface area contributed by atoms with E-state index < -0.39 is 0 Å². The first-order valence-electron chi connectivity index (χ1n) is 2.68. The zero-order valence-corrected chi connectivity index (χ0v) is 4.59. The minimum atomic E-state index is 0.229. The fourth-order valence-electron chi connectivity index (χ4n) is 0.641. The Labute approximate surface area is 48.3 Å². The van der Waals surface area contributed by atoms with Crippen molar-refractivity contribution in [1.29, 1.82) is 5.41 Å². The number of nitrogens with one attached hydrogen (secondary N) is 2. The molecule has 1 unspecified atom stereocenters. The van der Waals surface area contributed by atoms with E-state index in [0.29, 0.717) is 0 Å². The number of hydrogen-bond donors (Lipinski definition) is 2. The van der Waals surface area contributed by atoms with Gasteiger partial charge in [-0.2, -0.15) is 0 Å². The Morgan fingerprint density at radius 2 is 2.75 bits per heavy atom. The molecule has 2 N–H and O–H groups in total. The van der Waals surface area contributed by atoms with Gasteiger partial charge in [0.05, 0.1) is 12.4 Å². The Hall–Kier alpha value is -0.860. The molecule has 1 rings (SSSR count). The molecule has 0 aliphatic carbocycles. The Morgan fingerprint density at radius 1 is 1.88 bits per heavy atom. The lowest BCUT2D eigenvalue weighted by molar-refractivity contribution is 0.682. The molecule has 1 atom stereocenters. The van der Waals surface area contributed by atoms with Gasteiger partial charge in [0.1, 0.15) is 0 Å². The molecule has 1 aliphatic rings. The molecule has 0 saturated heterocycles. The minimum absolute atomic E-state index is 0.229. The van der Waals surface area contributed by atoms with Crippen molar-refractivity contribution >= 4 is 12.6 Å². The van der Waals surface area contributed by atoms with Gasteiger partial charge >= 0.3 is 0 Å². The lowest BCUT2D eigenvalue weighted by Gasteiger charge is -2.13. The number of nitrogens with zero attached hydrogens (tertiary/aromatic N) is 1. The molecule has 8 heavy (non-hydrogen) atoms. The van der Waals surface area contributed by atoms with Crippen molar-refractivity contribution in [2.24, 2.45) is 4.99 Å². The van der Waals surface area contributed by atoms with Crippen LogP contribution in [0.5, 0.6) is 0 Å². The summed E-state index contributed by atoms with van der Waals surface area (Å²) < 4.78 is 0. The summed E-state index contributed by atoms with van der Waals surface area (Å²) in [6.45, 7) is 0.854. The van der Waals surface area contributed by atoms with Crippen molar-refractivity contribution < 1.29 is 0 Å². The lowest BCUT2D eigenvalue weighted by atomic mass is 10.2. The van der Waals surface area contributed by atoms with E-state index in [1.807, 2.05) is 0 Å². The van der Waals surface area contributed by atoms with Crippen molar-refractivity contribution in [1.82, 2.24) is 5.32 Å². The number of aliphatic imine (C=N–C) groups is 1. The van der Waals surface area contributed by atoms with Gasteiger partial charge in [0.15, 0.2) is 0 Å². The average Bonchev–Trinajstić information content (AvgIpc) is 1.90. The van der Waals surface area contributed by atoms with E-state index in [-0.39, 0.29) is 6.04 Å². The molecule has 1 heterocycles. The largest absolute Gasteiger partial charge is 0.369 e. The van der Waals surface area contributed by atoms with Crippen LogP contribution in [0.3, 0.4) is 0 Å². The maximum absolute atomic E-state index is 6.85. The van der Waals surface area contributed by atoms with Gasteiger partial charge in [-0.15, -0.1) is 0 Å². The van der Waals surface area contributed by atoms with Crippen LogP contribution < -0.4 is 5.32 Å². The number of rotatable bonds is 1. The predicted molar refractivity (Wildman–Crippen MR) is 33.7 cm³/mol. The molecule has 3 heteroatoms. The van der Waals surface area contributed by atoms with E-state index in [1.54, 1.807) is 6.34 Å². The normalized spacial score (nSPS) is 26.8. The summed E-state index contributed by atoms with van der Waals surface area (Å²) in [6, 6.07) is 0.229. The minimum Gasteiger partial charge on any atom is -0.369 e. The molecule has 0 aromatic carbocycles. The molecule has 0 fully saturated rings.